The number of ketones is 1. The van der Waals surface area contributed by atoms with E-state index in [9.17, 15) is 4.79 Å². The molecule has 2 saturated carbocycles. The summed E-state index contributed by atoms with van der Waals surface area (Å²) in [5.74, 6) is 0.692. The highest BCUT2D eigenvalue weighted by molar-refractivity contribution is 5.81. The zero-order chi connectivity index (χ0) is 12.3. The number of ether oxygens (including phenoxy) is 2. The maximum absolute atomic E-state index is 11.6. The van der Waals surface area contributed by atoms with Crippen LogP contribution in [0.25, 0.3) is 0 Å². The highest BCUT2D eigenvalue weighted by Gasteiger charge is 2.63. The van der Waals surface area contributed by atoms with E-state index in [2.05, 4.69) is 6.58 Å². The molecular weight excluding hydrogens is 216 g/mol. The van der Waals surface area contributed by atoms with Crippen LogP contribution in [-0.4, -0.2) is 23.3 Å². The molecule has 0 aromatic heterocycles. The number of fused-ring (bicyclic) bond motifs is 3. The van der Waals surface area contributed by atoms with Gasteiger partial charge in [-0.25, -0.2) is 0 Å². The van der Waals surface area contributed by atoms with Gasteiger partial charge in [-0.15, -0.1) is 6.58 Å². The standard InChI is InChI=1S/C14H20O3/c1-4-5-14-8-9-6-10(15)7-11(9)12(14)16-13(2,3)17-14/h4,9,11-12H,1,5-8H2,2-3H3/t9-,11-,12+,14-/m0/s1. The zero-order valence-electron chi connectivity index (χ0n) is 10.6. The molecule has 3 heteroatoms. The predicted molar refractivity (Wildman–Crippen MR) is 63.4 cm³/mol. The lowest BCUT2D eigenvalue weighted by Crippen LogP contribution is -2.37. The van der Waals surface area contributed by atoms with E-state index in [1.807, 2.05) is 19.9 Å². The highest BCUT2D eigenvalue weighted by atomic mass is 16.8. The van der Waals surface area contributed by atoms with Gasteiger partial charge in [-0.05, 0) is 38.5 Å². The monoisotopic (exact) mass is 236 g/mol. The first-order valence-corrected chi connectivity index (χ1v) is 6.46. The third-order valence-electron chi connectivity index (χ3n) is 4.42. The van der Waals surface area contributed by atoms with Crippen molar-refractivity contribution >= 4 is 5.78 Å². The number of carbonyl (C=O) groups is 1. The number of Topliss-reactive ketones (excluding diaryl/α,β-unsaturated/α-hetero) is 1. The molecule has 0 amide bonds. The fourth-order valence-electron chi connectivity index (χ4n) is 4.08. The molecule has 1 aliphatic heterocycles. The van der Waals surface area contributed by atoms with E-state index in [0.717, 1.165) is 12.8 Å². The van der Waals surface area contributed by atoms with Crippen LogP contribution in [0.1, 0.15) is 39.5 Å². The van der Waals surface area contributed by atoms with Crippen molar-refractivity contribution in [2.24, 2.45) is 11.8 Å². The highest BCUT2D eigenvalue weighted by Crippen LogP contribution is 2.57. The van der Waals surface area contributed by atoms with E-state index in [1.54, 1.807) is 0 Å². The third kappa shape index (κ3) is 1.59. The van der Waals surface area contributed by atoms with Crippen molar-refractivity contribution < 1.29 is 14.3 Å². The van der Waals surface area contributed by atoms with Crippen LogP contribution < -0.4 is 0 Å². The lowest BCUT2D eigenvalue weighted by Gasteiger charge is -2.28. The van der Waals surface area contributed by atoms with Crippen molar-refractivity contribution in [1.82, 2.24) is 0 Å². The van der Waals surface area contributed by atoms with Crippen LogP contribution in [0.2, 0.25) is 0 Å². The Kier molecular flexibility index (Phi) is 2.30. The Balaban J connectivity index is 1.91. The van der Waals surface area contributed by atoms with Gasteiger partial charge in [0, 0.05) is 12.8 Å². The normalized spacial score (nSPS) is 46.9. The first-order chi connectivity index (χ1) is 7.96. The molecule has 17 heavy (non-hydrogen) atoms. The van der Waals surface area contributed by atoms with Crippen LogP contribution in [0.4, 0.5) is 0 Å². The van der Waals surface area contributed by atoms with Crippen molar-refractivity contribution in [3.8, 4) is 0 Å². The first-order valence-electron chi connectivity index (χ1n) is 6.46. The van der Waals surface area contributed by atoms with Gasteiger partial charge in [0.1, 0.15) is 11.4 Å². The Bertz CT molecular complexity index is 374. The molecule has 1 heterocycles. The lowest BCUT2D eigenvalue weighted by atomic mass is 9.91. The average Bonchev–Trinajstić information content (AvgIpc) is 2.71. The minimum absolute atomic E-state index is 0.0759. The largest absolute Gasteiger partial charge is 0.344 e. The molecule has 2 aliphatic carbocycles. The van der Waals surface area contributed by atoms with Crippen LogP contribution >= 0.6 is 0 Å². The summed E-state index contributed by atoms with van der Waals surface area (Å²) in [6, 6.07) is 0. The number of rotatable bonds is 2. The summed E-state index contributed by atoms with van der Waals surface area (Å²) in [6.07, 6.45) is 5.15. The third-order valence-corrected chi connectivity index (χ3v) is 4.42. The Morgan fingerprint density at radius 1 is 1.47 bits per heavy atom. The molecule has 1 saturated heterocycles. The molecule has 0 aromatic rings. The molecule has 0 radical (unpaired) electrons. The summed E-state index contributed by atoms with van der Waals surface area (Å²) in [6.45, 7) is 7.75. The van der Waals surface area contributed by atoms with Gasteiger partial charge < -0.3 is 9.47 Å². The summed E-state index contributed by atoms with van der Waals surface area (Å²) in [5.41, 5.74) is -0.221. The lowest BCUT2D eigenvalue weighted by molar-refractivity contribution is -0.173. The van der Waals surface area contributed by atoms with Gasteiger partial charge in [0.25, 0.3) is 0 Å². The summed E-state index contributed by atoms with van der Waals surface area (Å²) < 4.78 is 12.2. The second-order valence-corrected chi connectivity index (χ2v) is 6.17. The van der Waals surface area contributed by atoms with Gasteiger partial charge in [0.15, 0.2) is 5.79 Å². The SMILES string of the molecule is C=CC[C@]12C[C@@H]3CC(=O)C[C@@H]3[C@H]1OC(C)(C)O2. The van der Waals surface area contributed by atoms with Crippen molar-refractivity contribution in [1.29, 1.82) is 0 Å². The van der Waals surface area contributed by atoms with Gasteiger partial charge in [0.05, 0.1) is 6.10 Å². The van der Waals surface area contributed by atoms with Gasteiger partial charge in [-0.1, -0.05) is 6.08 Å². The van der Waals surface area contributed by atoms with Gasteiger partial charge in [0.2, 0.25) is 0 Å². The molecule has 3 aliphatic rings. The topological polar surface area (TPSA) is 35.5 Å². The van der Waals surface area contributed by atoms with Gasteiger partial charge >= 0.3 is 0 Å². The summed E-state index contributed by atoms with van der Waals surface area (Å²) >= 11 is 0. The fraction of sp³-hybridized carbons (Fsp3) is 0.786. The van der Waals surface area contributed by atoms with Crippen molar-refractivity contribution in [3.05, 3.63) is 12.7 Å². The molecule has 0 unspecified atom stereocenters. The summed E-state index contributed by atoms with van der Waals surface area (Å²) in [5, 5.41) is 0. The van der Waals surface area contributed by atoms with Crippen molar-refractivity contribution in [2.45, 2.75) is 57.0 Å². The average molecular weight is 236 g/mol. The fourth-order valence-corrected chi connectivity index (χ4v) is 4.08. The van der Waals surface area contributed by atoms with Gasteiger partial charge in [-0.3, -0.25) is 4.79 Å². The second kappa shape index (κ2) is 3.42. The second-order valence-electron chi connectivity index (χ2n) is 6.17. The van der Waals surface area contributed by atoms with Gasteiger partial charge in [-0.2, -0.15) is 0 Å². The van der Waals surface area contributed by atoms with Crippen LogP contribution in [-0.2, 0) is 14.3 Å². The Morgan fingerprint density at radius 2 is 2.24 bits per heavy atom. The van der Waals surface area contributed by atoms with Crippen LogP contribution in [0.3, 0.4) is 0 Å². The Hall–Kier alpha value is -0.670. The zero-order valence-corrected chi connectivity index (χ0v) is 10.6. The molecule has 0 spiro atoms. The Morgan fingerprint density at radius 3 is 2.94 bits per heavy atom. The summed E-state index contributed by atoms with van der Waals surface area (Å²) in [4.78, 5) is 11.6. The van der Waals surface area contributed by atoms with E-state index >= 15 is 0 Å². The number of hydrogen-bond donors (Lipinski definition) is 0. The molecule has 3 nitrogen and oxygen atoms in total. The maximum atomic E-state index is 11.6. The van der Waals surface area contributed by atoms with Crippen molar-refractivity contribution in [3.63, 3.8) is 0 Å². The molecular formula is C14H20O3. The van der Waals surface area contributed by atoms with E-state index < -0.39 is 5.79 Å². The Labute approximate surface area is 102 Å². The first kappa shape index (κ1) is 11.4. The maximum Gasteiger partial charge on any atom is 0.164 e. The molecule has 4 atom stereocenters. The van der Waals surface area contributed by atoms with E-state index in [-0.39, 0.29) is 11.7 Å². The van der Waals surface area contributed by atoms with Crippen LogP contribution in [0.5, 0.6) is 0 Å². The number of hydrogen-bond acceptors (Lipinski definition) is 3. The molecule has 0 N–H and O–H groups in total. The number of carbonyl (C=O) groups excluding carboxylic acids is 1. The van der Waals surface area contributed by atoms with E-state index in [0.29, 0.717) is 30.5 Å². The molecule has 0 aromatic carbocycles. The molecule has 94 valence electrons. The van der Waals surface area contributed by atoms with E-state index in [4.69, 9.17) is 9.47 Å². The molecule has 3 fully saturated rings. The van der Waals surface area contributed by atoms with Crippen molar-refractivity contribution in [2.75, 3.05) is 0 Å². The minimum Gasteiger partial charge on any atom is -0.344 e. The molecule has 0 bridgehead atoms. The smallest absolute Gasteiger partial charge is 0.164 e. The molecule has 3 rings (SSSR count). The summed E-state index contributed by atoms with van der Waals surface area (Å²) in [7, 11) is 0. The predicted octanol–water partition coefficient (Wildman–Crippen LogP) is 2.45. The van der Waals surface area contributed by atoms with Crippen LogP contribution in [0, 0.1) is 11.8 Å². The van der Waals surface area contributed by atoms with Crippen LogP contribution in [0.15, 0.2) is 12.7 Å². The minimum atomic E-state index is -0.524. The quantitative estimate of drug-likeness (QED) is 0.691. The van der Waals surface area contributed by atoms with E-state index in [1.165, 1.54) is 0 Å².